The minimum absolute atomic E-state index is 0.373. The Morgan fingerprint density at radius 1 is 0.893 bits per heavy atom. The lowest BCUT2D eigenvalue weighted by Crippen LogP contribution is -2.48. The minimum Gasteiger partial charge on any atom is -0.296 e. The summed E-state index contributed by atoms with van der Waals surface area (Å²) in [6.45, 7) is 7.38. The van der Waals surface area contributed by atoms with Crippen LogP contribution in [0, 0.1) is 5.92 Å². The summed E-state index contributed by atoms with van der Waals surface area (Å²) in [4.78, 5) is 2.61. The molecule has 28 heavy (non-hydrogen) atoms. The standard InChI is InChI=1S/C21H26Cl2N2O2S/c1-16(2)13-17-3-6-19(7-4-17)28(26,27)25-11-9-24(10-12-25)15-18-5-8-20(22)21(23)14-18/h3-8,14,16H,9-13,15H2,1-2H3. The molecule has 0 aromatic heterocycles. The van der Waals surface area contributed by atoms with E-state index in [0.717, 1.165) is 18.5 Å². The maximum atomic E-state index is 12.9. The molecule has 0 atom stereocenters. The van der Waals surface area contributed by atoms with Crippen LogP contribution in [0.1, 0.15) is 25.0 Å². The van der Waals surface area contributed by atoms with E-state index in [9.17, 15) is 8.42 Å². The maximum absolute atomic E-state index is 12.9. The first-order valence-electron chi connectivity index (χ1n) is 9.51. The van der Waals surface area contributed by atoms with Gasteiger partial charge in [0, 0.05) is 32.7 Å². The Kier molecular flexibility index (Phi) is 7.05. The number of benzene rings is 2. The predicted octanol–water partition coefficient (Wildman–Crippen LogP) is 4.70. The lowest BCUT2D eigenvalue weighted by molar-refractivity contribution is 0.181. The van der Waals surface area contributed by atoms with Crippen molar-refractivity contribution < 1.29 is 8.42 Å². The number of rotatable bonds is 6. The molecule has 0 N–H and O–H groups in total. The second-order valence-electron chi connectivity index (χ2n) is 7.67. The molecule has 0 spiro atoms. The van der Waals surface area contributed by atoms with Crippen LogP contribution in [-0.2, 0) is 23.0 Å². The van der Waals surface area contributed by atoms with Crippen LogP contribution in [0.5, 0.6) is 0 Å². The zero-order chi connectivity index (χ0) is 20.3. The highest BCUT2D eigenvalue weighted by atomic mass is 35.5. The molecule has 1 aliphatic rings. The van der Waals surface area contributed by atoms with Crippen molar-refractivity contribution in [2.24, 2.45) is 5.92 Å². The monoisotopic (exact) mass is 440 g/mol. The van der Waals surface area contributed by atoms with E-state index >= 15 is 0 Å². The van der Waals surface area contributed by atoms with E-state index in [1.807, 2.05) is 24.3 Å². The smallest absolute Gasteiger partial charge is 0.243 e. The zero-order valence-electron chi connectivity index (χ0n) is 16.2. The largest absolute Gasteiger partial charge is 0.296 e. The summed E-state index contributed by atoms with van der Waals surface area (Å²) in [7, 11) is -3.45. The van der Waals surface area contributed by atoms with Crippen molar-refractivity contribution in [3.63, 3.8) is 0 Å². The van der Waals surface area contributed by atoms with Gasteiger partial charge in [-0.25, -0.2) is 8.42 Å². The van der Waals surface area contributed by atoms with Crippen LogP contribution in [0.3, 0.4) is 0 Å². The van der Waals surface area contributed by atoms with Gasteiger partial charge in [0.1, 0.15) is 0 Å². The number of sulfonamides is 1. The van der Waals surface area contributed by atoms with Crippen LogP contribution >= 0.6 is 23.2 Å². The molecule has 152 valence electrons. The van der Waals surface area contributed by atoms with Crippen molar-refractivity contribution in [2.75, 3.05) is 26.2 Å². The number of hydrogen-bond acceptors (Lipinski definition) is 3. The van der Waals surface area contributed by atoms with Crippen LogP contribution in [0.2, 0.25) is 10.0 Å². The SMILES string of the molecule is CC(C)Cc1ccc(S(=O)(=O)N2CCN(Cc3ccc(Cl)c(Cl)c3)CC2)cc1. The molecular formula is C21H26Cl2N2O2S. The average Bonchev–Trinajstić information content (AvgIpc) is 2.65. The first kappa shape index (κ1) is 21.6. The van der Waals surface area contributed by atoms with Crippen molar-refractivity contribution >= 4 is 33.2 Å². The Hall–Kier alpha value is -1.11. The van der Waals surface area contributed by atoms with Crippen molar-refractivity contribution in [1.82, 2.24) is 9.21 Å². The van der Waals surface area contributed by atoms with Crippen LogP contribution in [0.15, 0.2) is 47.4 Å². The van der Waals surface area contributed by atoms with Gasteiger partial charge in [-0.3, -0.25) is 4.90 Å². The summed E-state index contributed by atoms with van der Waals surface area (Å²) in [5.41, 5.74) is 2.24. The summed E-state index contributed by atoms with van der Waals surface area (Å²) in [6, 6.07) is 12.9. The molecule has 0 saturated carbocycles. The van der Waals surface area contributed by atoms with E-state index in [0.29, 0.717) is 47.0 Å². The maximum Gasteiger partial charge on any atom is 0.243 e. The molecule has 0 aliphatic carbocycles. The van der Waals surface area contributed by atoms with E-state index in [2.05, 4.69) is 18.7 Å². The highest BCUT2D eigenvalue weighted by Gasteiger charge is 2.28. The van der Waals surface area contributed by atoms with Gasteiger partial charge < -0.3 is 0 Å². The highest BCUT2D eigenvalue weighted by molar-refractivity contribution is 7.89. The lowest BCUT2D eigenvalue weighted by Gasteiger charge is -2.34. The van der Waals surface area contributed by atoms with Gasteiger partial charge in [0.15, 0.2) is 0 Å². The van der Waals surface area contributed by atoms with E-state index < -0.39 is 10.0 Å². The van der Waals surface area contributed by atoms with Crippen molar-refractivity contribution in [1.29, 1.82) is 0 Å². The molecule has 1 heterocycles. The molecule has 2 aromatic carbocycles. The second kappa shape index (κ2) is 9.14. The molecule has 3 rings (SSSR count). The van der Waals surface area contributed by atoms with E-state index in [-0.39, 0.29) is 0 Å². The topological polar surface area (TPSA) is 40.6 Å². The van der Waals surface area contributed by atoms with Crippen LogP contribution in [0.25, 0.3) is 0 Å². The molecule has 1 aliphatic heterocycles. The van der Waals surface area contributed by atoms with Gasteiger partial charge in [0.2, 0.25) is 10.0 Å². The molecule has 0 unspecified atom stereocenters. The Morgan fingerprint density at radius 2 is 1.50 bits per heavy atom. The van der Waals surface area contributed by atoms with Gasteiger partial charge in [-0.1, -0.05) is 55.2 Å². The molecule has 0 amide bonds. The molecule has 4 nitrogen and oxygen atoms in total. The number of piperazine rings is 1. The molecule has 1 fully saturated rings. The van der Waals surface area contributed by atoms with Crippen molar-refractivity contribution in [2.45, 2.75) is 31.7 Å². The molecule has 1 saturated heterocycles. The minimum atomic E-state index is -3.45. The van der Waals surface area contributed by atoms with E-state index in [4.69, 9.17) is 23.2 Å². The normalized spacial score (nSPS) is 16.6. The fraction of sp³-hybridized carbons (Fsp3) is 0.429. The lowest BCUT2D eigenvalue weighted by atomic mass is 10.0. The highest BCUT2D eigenvalue weighted by Crippen LogP contribution is 2.24. The second-order valence-corrected chi connectivity index (χ2v) is 10.4. The quantitative estimate of drug-likeness (QED) is 0.653. The van der Waals surface area contributed by atoms with Gasteiger partial charge >= 0.3 is 0 Å². The third-order valence-electron chi connectivity index (χ3n) is 4.93. The Balaban J connectivity index is 1.60. The third-order valence-corrected chi connectivity index (χ3v) is 7.58. The number of hydrogen-bond donors (Lipinski definition) is 0. The zero-order valence-corrected chi connectivity index (χ0v) is 18.6. The summed E-state index contributed by atoms with van der Waals surface area (Å²) in [6.07, 6.45) is 0.952. The van der Waals surface area contributed by atoms with Crippen LogP contribution < -0.4 is 0 Å². The van der Waals surface area contributed by atoms with Gasteiger partial charge in [-0.2, -0.15) is 4.31 Å². The summed E-state index contributed by atoms with van der Waals surface area (Å²) < 4.78 is 27.5. The molecule has 7 heteroatoms. The molecule has 0 bridgehead atoms. The third kappa shape index (κ3) is 5.28. The van der Waals surface area contributed by atoms with Gasteiger partial charge in [0.05, 0.1) is 14.9 Å². The fourth-order valence-electron chi connectivity index (χ4n) is 3.44. The first-order valence-corrected chi connectivity index (χ1v) is 11.7. The molecular weight excluding hydrogens is 415 g/mol. The van der Waals surface area contributed by atoms with E-state index in [1.54, 1.807) is 22.5 Å². The molecule has 0 radical (unpaired) electrons. The fourth-order valence-corrected chi connectivity index (χ4v) is 5.19. The Labute approximate surface area is 178 Å². The van der Waals surface area contributed by atoms with Gasteiger partial charge in [-0.05, 0) is 47.7 Å². The van der Waals surface area contributed by atoms with E-state index in [1.165, 1.54) is 5.56 Å². The summed E-state index contributed by atoms with van der Waals surface area (Å²) in [5.74, 6) is 0.547. The first-order chi connectivity index (χ1) is 13.3. The van der Waals surface area contributed by atoms with Crippen molar-refractivity contribution in [3.05, 3.63) is 63.6 Å². The van der Waals surface area contributed by atoms with Crippen LogP contribution in [-0.4, -0.2) is 43.8 Å². The summed E-state index contributed by atoms with van der Waals surface area (Å²) in [5, 5.41) is 1.09. The van der Waals surface area contributed by atoms with Gasteiger partial charge in [0.25, 0.3) is 0 Å². The Morgan fingerprint density at radius 3 is 2.07 bits per heavy atom. The summed E-state index contributed by atoms with van der Waals surface area (Å²) >= 11 is 12.0. The average molecular weight is 441 g/mol. The number of nitrogens with zero attached hydrogens (tertiary/aromatic N) is 2. The van der Waals surface area contributed by atoms with Gasteiger partial charge in [-0.15, -0.1) is 0 Å². The number of halogens is 2. The van der Waals surface area contributed by atoms with Crippen LogP contribution in [0.4, 0.5) is 0 Å². The van der Waals surface area contributed by atoms with Crippen molar-refractivity contribution in [3.8, 4) is 0 Å². The Bertz CT molecular complexity index is 907. The molecule has 2 aromatic rings. The predicted molar refractivity (Wildman–Crippen MR) is 115 cm³/mol.